The number of aromatic nitrogens is 2. The van der Waals surface area contributed by atoms with Gasteiger partial charge < -0.3 is 10.1 Å². The molecule has 3 rings (SSSR count). The second-order valence-corrected chi connectivity index (χ2v) is 5.80. The van der Waals surface area contributed by atoms with E-state index in [1.54, 1.807) is 30.3 Å². The number of aryl methyl sites for hydroxylation is 1. The maximum absolute atomic E-state index is 12.0. The number of anilines is 1. The summed E-state index contributed by atoms with van der Waals surface area (Å²) < 4.78 is 5.01. The molecule has 0 unspecified atom stereocenters. The van der Waals surface area contributed by atoms with E-state index < -0.39 is 18.5 Å². The van der Waals surface area contributed by atoms with Crippen LogP contribution in [-0.2, 0) is 20.7 Å². The molecule has 0 aliphatic heterocycles. The summed E-state index contributed by atoms with van der Waals surface area (Å²) in [6, 6.07) is 14.2. The number of ether oxygens (including phenoxy) is 1. The van der Waals surface area contributed by atoms with Gasteiger partial charge in [0.2, 0.25) is 0 Å². The first kappa shape index (κ1) is 17.3. The second kappa shape index (κ2) is 7.60. The minimum Gasteiger partial charge on any atom is -0.455 e. The van der Waals surface area contributed by atoms with Gasteiger partial charge in [-0.15, -0.1) is 0 Å². The van der Waals surface area contributed by atoms with Crippen LogP contribution in [0.15, 0.2) is 53.3 Å². The Balaban J connectivity index is 1.60. The van der Waals surface area contributed by atoms with Crippen molar-refractivity contribution in [2.45, 2.75) is 13.3 Å². The maximum atomic E-state index is 12.0. The first-order valence-corrected chi connectivity index (χ1v) is 8.01. The van der Waals surface area contributed by atoms with E-state index in [9.17, 15) is 14.4 Å². The Hall–Kier alpha value is -3.48. The average molecular weight is 351 g/mol. The quantitative estimate of drug-likeness (QED) is 0.684. The number of benzene rings is 2. The number of rotatable bonds is 5. The van der Waals surface area contributed by atoms with E-state index in [-0.39, 0.29) is 12.0 Å². The number of carbonyl (C=O) groups excluding carboxylic acids is 2. The lowest BCUT2D eigenvalue weighted by Gasteiger charge is -2.08. The van der Waals surface area contributed by atoms with E-state index in [0.29, 0.717) is 22.2 Å². The van der Waals surface area contributed by atoms with Gasteiger partial charge in [-0.1, -0.05) is 30.3 Å². The number of nitrogens with one attached hydrogen (secondary N) is 2. The molecular weight excluding hydrogens is 334 g/mol. The van der Waals surface area contributed by atoms with Gasteiger partial charge in [0.1, 0.15) is 0 Å². The van der Waals surface area contributed by atoms with E-state index in [4.69, 9.17) is 4.74 Å². The lowest BCUT2D eigenvalue weighted by Crippen LogP contribution is -2.22. The van der Waals surface area contributed by atoms with Crippen molar-refractivity contribution in [3.63, 3.8) is 0 Å². The molecule has 132 valence electrons. The van der Waals surface area contributed by atoms with Crippen molar-refractivity contribution >= 4 is 28.3 Å². The molecule has 2 N–H and O–H groups in total. The summed E-state index contributed by atoms with van der Waals surface area (Å²) in [5.74, 6) is -1.03. The van der Waals surface area contributed by atoms with Crippen LogP contribution in [0.1, 0.15) is 11.3 Å². The highest BCUT2D eigenvalue weighted by Gasteiger charge is 2.13. The van der Waals surface area contributed by atoms with Gasteiger partial charge >= 0.3 is 5.97 Å². The topological polar surface area (TPSA) is 101 Å². The summed E-state index contributed by atoms with van der Waals surface area (Å²) in [5.41, 5.74) is 1.72. The SMILES string of the molecule is Cc1cccc(NC(=O)COC(=O)Cc2n[nH]c(=O)c3ccccc23)c1. The van der Waals surface area contributed by atoms with Crippen LogP contribution in [0.2, 0.25) is 0 Å². The molecule has 0 atom stereocenters. The van der Waals surface area contributed by atoms with Crippen LogP contribution in [0.25, 0.3) is 10.8 Å². The number of hydrogen-bond acceptors (Lipinski definition) is 5. The molecule has 7 nitrogen and oxygen atoms in total. The zero-order chi connectivity index (χ0) is 18.5. The number of H-pyrrole nitrogens is 1. The number of fused-ring (bicyclic) bond motifs is 1. The number of esters is 1. The molecule has 1 amide bonds. The third-order valence-corrected chi connectivity index (χ3v) is 3.75. The molecule has 2 aromatic carbocycles. The minimum atomic E-state index is -0.603. The van der Waals surface area contributed by atoms with Gasteiger partial charge in [0.25, 0.3) is 11.5 Å². The largest absolute Gasteiger partial charge is 0.455 e. The Bertz CT molecular complexity index is 1030. The number of amides is 1. The first-order valence-electron chi connectivity index (χ1n) is 8.01. The van der Waals surface area contributed by atoms with Gasteiger partial charge in [-0.3, -0.25) is 14.4 Å². The third-order valence-electron chi connectivity index (χ3n) is 3.75. The monoisotopic (exact) mass is 351 g/mol. The van der Waals surface area contributed by atoms with E-state index in [2.05, 4.69) is 15.5 Å². The summed E-state index contributed by atoms with van der Waals surface area (Å²) in [7, 11) is 0. The fraction of sp³-hybridized carbons (Fsp3) is 0.158. The van der Waals surface area contributed by atoms with Gasteiger partial charge in [0.15, 0.2) is 6.61 Å². The molecule has 0 spiro atoms. The summed E-state index contributed by atoms with van der Waals surface area (Å²) in [6.45, 7) is 1.52. The van der Waals surface area contributed by atoms with Crippen LogP contribution >= 0.6 is 0 Å². The number of nitrogens with zero attached hydrogens (tertiary/aromatic N) is 1. The van der Waals surface area contributed by atoms with E-state index in [1.807, 2.05) is 25.1 Å². The minimum absolute atomic E-state index is 0.144. The van der Waals surface area contributed by atoms with Crippen molar-refractivity contribution in [2.75, 3.05) is 11.9 Å². The first-order chi connectivity index (χ1) is 12.5. The molecule has 0 bridgehead atoms. The molecule has 0 radical (unpaired) electrons. The normalized spacial score (nSPS) is 10.5. The number of hydrogen-bond donors (Lipinski definition) is 2. The van der Waals surface area contributed by atoms with Gasteiger partial charge in [0, 0.05) is 11.1 Å². The molecule has 7 heteroatoms. The number of carbonyl (C=O) groups is 2. The molecule has 0 aliphatic rings. The van der Waals surface area contributed by atoms with Crippen molar-refractivity contribution in [1.29, 1.82) is 0 Å². The van der Waals surface area contributed by atoms with Gasteiger partial charge in [0.05, 0.1) is 17.5 Å². The molecule has 26 heavy (non-hydrogen) atoms. The molecule has 0 saturated heterocycles. The summed E-state index contributed by atoms with van der Waals surface area (Å²) >= 11 is 0. The fourth-order valence-electron chi connectivity index (χ4n) is 2.56. The predicted molar refractivity (Wildman–Crippen MR) is 96.8 cm³/mol. The molecule has 0 saturated carbocycles. The molecule has 3 aromatic rings. The van der Waals surface area contributed by atoms with E-state index in [0.717, 1.165) is 5.56 Å². The average Bonchev–Trinajstić information content (AvgIpc) is 2.63. The highest BCUT2D eigenvalue weighted by molar-refractivity contribution is 5.93. The standard InChI is InChI=1S/C19H17N3O4/c1-12-5-4-6-13(9-12)20-17(23)11-26-18(24)10-16-14-7-2-3-8-15(14)19(25)22-21-16/h2-9H,10-11H2,1H3,(H,20,23)(H,22,25). The molecular formula is C19H17N3O4. The van der Waals surface area contributed by atoms with Gasteiger partial charge in [-0.2, -0.15) is 5.10 Å². The van der Waals surface area contributed by atoms with Crippen LogP contribution in [0.4, 0.5) is 5.69 Å². The molecule has 1 aromatic heterocycles. The highest BCUT2D eigenvalue weighted by Crippen LogP contribution is 2.13. The Morgan fingerprint density at radius 2 is 1.88 bits per heavy atom. The summed E-state index contributed by atoms with van der Waals surface area (Å²) in [6.07, 6.45) is -0.144. The van der Waals surface area contributed by atoms with Crippen LogP contribution in [-0.4, -0.2) is 28.7 Å². The summed E-state index contributed by atoms with van der Waals surface area (Å²) in [4.78, 5) is 35.6. The molecule has 0 fully saturated rings. The Kier molecular flexibility index (Phi) is 5.07. The predicted octanol–water partition coefficient (Wildman–Crippen LogP) is 1.96. The zero-order valence-corrected chi connectivity index (χ0v) is 14.1. The third kappa shape index (κ3) is 4.13. The highest BCUT2D eigenvalue weighted by atomic mass is 16.5. The zero-order valence-electron chi connectivity index (χ0n) is 14.1. The molecule has 0 aliphatic carbocycles. The summed E-state index contributed by atoms with van der Waals surface area (Å²) in [5, 5.41) is 9.96. The second-order valence-electron chi connectivity index (χ2n) is 5.80. The number of aromatic amines is 1. The Morgan fingerprint density at radius 1 is 1.12 bits per heavy atom. The molecule has 1 heterocycles. The van der Waals surface area contributed by atoms with Crippen LogP contribution < -0.4 is 10.9 Å². The van der Waals surface area contributed by atoms with Gasteiger partial charge in [-0.05, 0) is 30.7 Å². The van der Waals surface area contributed by atoms with Crippen LogP contribution in [0, 0.1) is 6.92 Å². The lowest BCUT2D eigenvalue weighted by molar-refractivity contribution is -0.146. The van der Waals surface area contributed by atoms with Crippen LogP contribution in [0.3, 0.4) is 0 Å². The van der Waals surface area contributed by atoms with Crippen molar-refractivity contribution in [3.8, 4) is 0 Å². The Labute approximate surface area is 149 Å². The van der Waals surface area contributed by atoms with Crippen molar-refractivity contribution in [2.24, 2.45) is 0 Å². The maximum Gasteiger partial charge on any atom is 0.312 e. The lowest BCUT2D eigenvalue weighted by atomic mass is 10.1. The van der Waals surface area contributed by atoms with Crippen LogP contribution in [0.5, 0.6) is 0 Å². The van der Waals surface area contributed by atoms with Crippen molar-refractivity contribution < 1.29 is 14.3 Å². The van der Waals surface area contributed by atoms with Gasteiger partial charge in [-0.25, -0.2) is 5.10 Å². The van der Waals surface area contributed by atoms with E-state index >= 15 is 0 Å². The van der Waals surface area contributed by atoms with Crippen molar-refractivity contribution in [3.05, 3.63) is 70.1 Å². The smallest absolute Gasteiger partial charge is 0.312 e. The Morgan fingerprint density at radius 3 is 2.65 bits per heavy atom. The van der Waals surface area contributed by atoms with Crippen molar-refractivity contribution in [1.82, 2.24) is 10.2 Å². The fourth-order valence-corrected chi connectivity index (χ4v) is 2.56. The van der Waals surface area contributed by atoms with E-state index in [1.165, 1.54) is 0 Å².